The summed E-state index contributed by atoms with van der Waals surface area (Å²) in [6.07, 6.45) is 0.861. The maximum absolute atomic E-state index is 12.0. The molecule has 2 rings (SSSR count). The Balaban J connectivity index is 0.00000200. The summed E-state index contributed by atoms with van der Waals surface area (Å²) in [6, 6.07) is 5.47. The molecule has 0 spiro atoms. The van der Waals surface area contributed by atoms with Crippen molar-refractivity contribution in [2.45, 2.75) is 19.3 Å². The largest absolute Gasteiger partial charge is 0.356 e. The van der Waals surface area contributed by atoms with Crippen molar-refractivity contribution < 1.29 is 4.79 Å². The summed E-state index contributed by atoms with van der Waals surface area (Å²) in [7, 11) is 0. The van der Waals surface area contributed by atoms with Crippen LogP contribution in [0.5, 0.6) is 0 Å². The molecular weight excluding hydrogens is 319 g/mol. The Kier molecular flexibility index (Phi) is 6.59. The number of halogens is 3. The maximum atomic E-state index is 12.0. The third kappa shape index (κ3) is 4.52. The molecule has 112 valence electrons. The van der Waals surface area contributed by atoms with Crippen molar-refractivity contribution >= 4 is 41.5 Å². The van der Waals surface area contributed by atoms with Crippen molar-refractivity contribution in [2.24, 2.45) is 17.6 Å². The van der Waals surface area contributed by atoms with E-state index in [-0.39, 0.29) is 30.2 Å². The first-order valence-corrected chi connectivity index (χ1v) is 7.20. The van der Waals surface area contributed by atoms with Crippen LogP contribution in [-0.4, -0.2) is 19.0 Å². The zero-order chi connectivity index (χ0) is 14.0. The molecule has 20 heavy (non-hydrogen) atoms. The van der Waals surface area contributed by atoms with Gasteiger partial charge in [0.1, 0.15) is 0 Å². The lowest BCUT2D eigenvalue weighted by atomic mass is 10.1. The number of carbonyl (C=O) groups is 1. The number of benzene rings is 1. The van der Waals surface area contributed by atoms with Crippen molar-refractivity contribution in [1.29, 1.82) is 0 Å². The molecule has 1 aliphatic rings. The van der Waals surface area contributed by atoms with Crippen molar-refractivity contribution in [1.82, 2.24) is 5.32 Å². The summed E-state index contributed by atoms with van der Waals surface area (Å²) < 4.78 is 0. The second-order valence-corrected chi connectivity index (χ2v) is 6.11. The molecule has 0 saturated heterocycles. The van der Waals surface area contributed by atoms with Gasteiger partial charge in [-0.05, 0) is 48.6 Å². The Morgan fingerprint density at radius 1 is 1.40 bits per heavy atom. The topological polar surface area (TPSA) is 55.1 Å². The second kappa shape index (κ2) is 7.51. The summed E-state index contributed by atoms with van der Waals surface area (Å²) in [5, 5.41) is 4.17. The van der Waals surface area contributed by atoms with E-state index in [1.807, 2.05) is 19.1 Å². The quantitative estimate of drug-likeness (QED) is 0.866. The number of nitrogens with two attached hydrogens (primary N) is 1. The molecule has 6 heteroatoms. The minimum atomic E-state index is 0. The van der Waals surface area contributed by atoms with Crippen molar-refractivity contribution in [3.05, 3.63) is 33.8 Å². The highest BCUT2D eigenvalue weighted by Crippen LogP contribution is 2.48. The van der Waals surface area contributed by atoms with Crippen LogP contribution in [0.2, 0.25) is 10.0 Å². The van der Waals surface area contributed by atoms with Gasteiger partial charge < -0.3 is 11.1 Å². The maximum Gasteiger partial charge on any atom is 0.223 e. The molecule has 1 fully saturated rings. The SMILES string of the molecule is CC(CN)CNC(=O)C1CC1c1cc(Cl)cc(Cl)c1.Cl. The molecule has 0 aromatic heterocycles. The van der Waals surface area contributed by atoms with E-state index in [9.17, 15) is 4.79 Å². The number of amides is 1. The summed E-state index contributed by atoms with van der Waals surface area (Å²) in [4.78, 5) is 12.0. The van der Waals surface area contributed by atoms with Gasteiger partial charge in [0.05, 0.1) is 0 Å². The van der Waals surface area contributed by atoms with Crippen molar-refractivity contribution in [2.75, 3.05) is 13.1 Å². The van der Waals surface area contributed by atoms with E-state index < -0.39 is 0 Å². The molecule has 3 nitrogen and oxygen atoms in total. The summed E-state index contributed by atoms with van der Waals surface area (Å²) in [5.41, 5.74) is 6.57. The highest BCUT2D eigenvalue weighted by atomic mass is 35.5. The van der Waals surface area contributed by atoms with Crippen LogP contribution in [0.1, 0.15) is 24.8 Å². The molecule has 0 radical (unpaired) electrons. The first kappa shape index (κ1) is 17.6. The lowest BCUT2D eigenvalue weighted by Crippen LogP contribution is -2.32. The predicted molar refractivity (Wildman–Crippen MR) is 85.8 cm³/mol. The molecule has 0 bridgehead atoms. The molecule has 1 amide bonds. The predicted octanol–water partition coefficient (Wildman–Crippen LogP) is 3.23. The number of hydrogen-bond donors (Lipinski definition) is 2. The van der Waals surface area contributed by atoms with Gasteiger partial charge in [0, 0.05) is 22.5 Å². The van der Waals surface area contributed by atoms with E-state index in [0.29, 0.717) is 29.1 Å². The minimum Gasteiger partial charge on any atom is -0.356 e. The molecule has 0 heterocycles. The number of nitrogens with one attached hydrogen (secondary N) is 1. The van der Waals surface area contributed by atoms with Crippen molar-refractivity contribution in [3.8, 4) is 0 Å². The number of carbonyl (C=O) groups excluding carboxylic acids is 1. The van der Waals surface area contributed by atoms with E-state index in [1.165, 1.54) is 0 Å². The van der Waals surface area contributed by atoms with E-state index in [2.05, 4.69) is 5.32 Å². The van der Waals surface area contributed by atoms with E-state index in [1.54, 1.807) is 6.07 Å². The minimum absolute atomic E-state index is 0. The average molecular weight is 338 g/mol. The normalized spacial score (nSPS) is 21.8. The van der Waals surface area contributed by atoms with Gasteiger partial charge in [-0.3, -0.25) is 4.79 Å². The summed E-state index contributed by atoms with van der Waals surface area (Å²) in [5.74, 6) is 0.687. The Morgan fingerprint density at radius 3 is 2.55 bits per heavy atom. The monoisotopic (exact) mass is 336 g/mol. The van der Waals surface area contributed by atoms with Gasteiger partial charge in [0.2, 0.25) is 5.91 Å². The number of rotatable bonds is 5. The van der Waals surface area contributed by atoms with Gasteiger partial charge in [0.25, 0.3) is 0 Å². The molecular formula is C14H19Cl3N2O. The van der Waals surface area contributed by atoms with E-state index in [0.717, 1.165) is 12.0 Å². The second-order valence-electron chi connectivity index (χ2n) is 5.24. The molecule has 1 saturated carbocycles. The highest BCUT2D eigenvalue weighted by Gasteiger charge is 2.44. The molecule has 3 atom stereocenters. The lowest BCUT2D eigenvalue weighted by molar-refractivity contribution is -0.122. The smallest absolute Gasteiger partial charge is 0.223 e. The van der Waals surface area contributed by atoms with Crippen LogP contribution in [0.15, 0.2) is 18.2 Å². The highest BCUT2D eigenvalue weighted by molar-refractivity contribution is 6.34. The Hall–Kier alpha value is -0.480. The fraction of sp³-hybridized carbons (Fsp3) is 0.500. The summed E-state index contributed by atoms with van der Waals surface area (Å²) >= 11 is 11.9. The van der Waals surface area contributed by atoms with Crippen LogP contribution in [0, 0.1) is 11.8 Å². The fourth-order valence-electron chi connectivity index (χ4n) is 2.13. The molecule has 3 N–H and O–H groups in total. The molecule has 1 aromatic rings. The van der Waals surface area contributed by atoms with Crippen LogP contribution >= 0.6 is 35.6 Å². The van der Waals surface area contributed by atoms with Gasteiger partial charge in [-0.15, -0.1) is 12.4 Å². The number of hydrogen-bond acceptors (Lipinski definition) is 2. The first-order chi connectivity index (χ1) is 9.01. The first-order valence-electron chi connectivity index (χ1n) is 6.45. The third-order valence-corrected chi connectivity index (χ3v) is 3.90. The van der Waals surface area contributed by atoms with Gasteiger partial charge in [0.15, 0.2) is 0 Å². The summed E-state index contributed by atoms with van der Waals surface area (Å²) in [6.45, 7) is 3.23. The Morgan fingerprint density at radius 2 is 2.00 bits per heavy atom. The van der Waals surface area contributed by atoms with E-state index >= 15 is 0 Å². The van der Waals surface area contributed by atoms with Gasteiger partial charge in [-0.1, -0.05) is 30.1 Å². The fourth-order valence-corrected chi connectivity index (χ4v) is 2.67. The van der Waals surface area contributed by atoms with Gasteiger partial charge >= 0.3 is 0 Å². The Bertz CT molecular complexity index is 461. The standard InChI is InChI=1S/C14H18Cl2N2O.ClH/c1-8(6-17)7-18-14(19)13-5-12(13)9-2-10(15)4-11(16)3-9;/h2-4,8,12-13H,5-7,17H2,1H3,(H,18,19);1H. The van der Waals surface area contributed by atoms with Crippen molar-refractivity contribution in [3.63, 3.8) is 0 Å². The van der Waals surface area contributed by atoms with Crippen LogP contribution in [0.4, 0.5) is 0 Å². The zero-order valence-corrected chi connectivity index (χ0v) is 13.6. The van der Waals surface area contributed by atoms with E-state index in [4.69, 9.17) is 28.9 Å². The molecule has 3 unspecified atom stereocenters. The van der Waals surface area contributed by atoms with Crippen LogP contribution in [0.25, 0.3) is 0 Å². The van der Waals surface area contributed by atoms with Gasteiger partial charge in [-0.2, -0.15) is 0 Å². The molecule has 1 aliphatic carbocycles. The average Bonchev–Trinajstić information content (AvgIpc) is 3.14. The van der Waals surface area contributed by atoms with Crippen LogP contribution in [-0.2, 0) is 4.79 Å². The third-order valence-electron chi connectivity index (χ3n) is 3.47. The van der Waals surface area contributed by atoms with Crippen LogP contribution < -0.4 is 11.1 Å². The Labute approximate surface area is 135 Å². The van der Waals surface area contributed by atoms with Gasteiger partial charge in [-0.25, -0.2) is 0 Å². The molecule has 1 aromatic carbocycles. The van der Waals surface area contributed by atoms with Crippen LogP contribution in [0.3, 0.4) is 0 Å². The lowest BCUT2D eigenvalue weighted by Gasteiger charge is -2.10. The molecule has 0 aliphatic heterocycles. The zero-order valence-electron chi connectivity index (χ0n) is 11.2.